The van der Waals surface area contributed by atoms with Gasteiger partial charge in [-0.15, -0.1) is 0 Å². The predicted molar refractivity (Wildman–Crippen MR) is 113 cm³/mol. The van der Waals surface area contributed by atoms with E-state index in [-0.39, 0.29) is 18.2 Å². The third-order valence-electron chi connectivity index (χ3n) is 5.05. The second-order valence-electron chi connectivity index (χ2n) is 6.79. The highest BCUT2D eigenvalue weighted by atomic mass is 35.5. The molecule has 28 heavy (non-hydrogen) atoms. The number of hydrogen-bond donors (Lipinski definition) is 1. The van der Waals surface area contributed by atoms with Crippen molar-refractivity contribution in [2.24, 2.45) is 0 Å². The first-order valence-electron chi connectivity index (χ1n) is 9.83. The highest BCUT2D eigenvalue weighted by molar-refractivity contribution is 7.89. The van der Waals surface area contributed by atoms with Gasteiger partial charge in [0.1, 0.15) is 0 Å². The maximum Gasteiger partial charge on any atom is 0.253 e. The maximum absolute atomic E-state index is 13.0. The molecule has 1 heterocycles. The van der Waals surface area contributed by atoms with Gasteiger partial charge in [0, 0.05) is 56.4 Å². The molecule has 1 fully saturated rings. The summed E-state index contributed by atoms with van der Waals surface area (Å²) < 4.78 is 26.9. The molecule has 1 aromatic carbocycles. The Bertz CT molecular complexity index is 717. The van der Waals surface area contributed by atoms with E-state index in [1.165, 1.54) is 4.31 Å². The standard InChI is InChI=1S/C19H31ClN4O3S/c1-3-22(4-2)13-14-23(19(25)17-5-7-18(20)8-6-17)15-16-28(26,27)24-11-9-21-10-12-24/h5-8,21H,3-4,9-16H2,1-2H3. The molecule has 1 N–H and O–H groups in total. The van der Waals surface area contributed by atoms with Crippen LogP contribution >= 0.6 is 11.6 Å². The Hall–Kier alpha value is -1.19. The summed E-state index contributed by atoms with van der Waals surface area (Å²) in [5.74, 6) is -0.232. The number of nitrogens with one attached hydrogen (secondary N) is 1. The molecule has 0 aromatic heterocycles. The summed E-state index contributed by atoms with van der Waals surface area (Å²) in [5.41, 5.74) is 0.517. The van der Waals surface area contributed by atoms with Crippen LogP contribution in [0.25, 0.3) is 0 Å². The molecule has 0 atom stereocenters. The second-order valence-corrected chi connectivity index (χ2v) is 9.32. The van der Waals surface area contributed by atoms with E-state index in [9.17, 15) is 13.2 Å². The van der Waals surface area contributed by atoms with Gasteiger partial charge in [0.25, 0.3) is 5.91 Å². The van der Waals surface area contributed by atoms with Crippen LogP contribution in [0.2, 0.25) is 5.02 Å². The van der Waals surface area contributed by atoms with Crippen LogP contribution in [0.5, 0.6) is 0 Å². The van der Waals surface area contributed by atoms with Crippen LogP contribution in [0.4, 0.5) is 0 Å². The van der Waals surface area contributed by atoms with Crippen LogP contribution < -0.4 is 5.32 Å². The number of halogens is 1. The molecular weight excluding hydrogens is 400 g/mol. The molecule has 1 aliphatic heterocycles. The minimum absolute atomic E-state index is 0.0649. The molecule has 1 aromatic rings. The first-order chi connectivity index (χ1) is 13.4. The summed E-state index contributed by atoms with van der Waals surface area (Å²) in [5, 5.41) is 3.72. The van der Waals surface area contributed by atoms with Crippen LogP contribution in [0.3, 0.4) is 0 Å². The number of hydrogen-bond acceptors (Lipinski definition) is 5. The van der Waals surface area contributed by atoms with Gasteiger partial charge in [-0.3, -0.25) is 4.79 Å². The van der Waals surface area contributed by atoms with E-state index in [0.29, 0.717) is 49.9 Å². The molecule has 0 radical (unpaired) electrons. The van der Waals surface area contributed by atoms with Gasteiger partial charge in [-0.2, -0.15) is 4.31 Å². The van der Waals surface area contributed by atoms with Crippen molar-refractivity contribution in [1.29, 1.82) is 0 Å². The number of piperazine rings is 1. The van der Waals surface area contributed by atoms with Gasteiger partial charge in [-0.05, 0) is 37.4 Å². The Kier molecular flexibility index (Phi) is 9.17. The van der Waals surface area contributed by atoms with Gasteiger partial charge >= 0.3 is 0 Å². The minimum Gasteiger partial charge on any atom is -0.336 e. The Morgan fingerprint density at radius 3 is 2.25 bits per heavy atom. The fourth-order valence-corrected chi connectivity index (χ4v) is 4.74. The molecule has 0 spiro atoms. The maximum atomic E-state index is 13.0. The molecule has 1 saturated heterocycles. The molecule has 158 valence electrons. The van der Waals surface area contributed by atoms with Gasteiger partial charge < -0.3 is 15.1 Å². The second kappa shape index (κ2) is 11.1. The van der Waals surface area contributed by atoms with E-state index in [1.807, 2.05) is 0 Å². The van der Waals surface area contributed by atoms with Crippen LogP contribution in [-0.4, -0.2) is 93.1 Å². The molecule has 0 saturated carbocycles. The quantitative estimate of drug-likeness (QED) is 0.606. The van der Waals surface area contributed by atoms with Gasteiger partial charge in [-0.25, -0.2) is 8.42 Å². The predicted octanol–water partition coefficient (Wildman–Crippen LogP) is 1.36. The fourth-order valence-electron chi connectivity index (χ4n) is 3.17. The lowest BCUT2D eigenvalue weighted by atomic mass is 10.2. The molecule has 0 unspecified atom stereocenters. The van der Waals surface area contributed by atoms with Crippen molar-refractivity contribution in [3.05, 3.63) is 34.9 Å². The zero-order chi connectivity index (χ0) is 20.6. The smallest absolute Gasteiger partial charge is 0.253 e. The first-order valence-corrected chi connectivity index (χ1v) is 11.8. The topological polar surface area (TPSA) is 73.0 Å². The SMILES string of the molecule is CCN(CC)CCN(CCS(=O)(=O)N1CCNCC1)C(=O)c1ccc(Cl)cc1. The monoisotopic (exact) mass is 430 g/mol. The average molecular weight is 431 g/mol. The summed E-state index contributed by atoms with van der Waals surface area (Å²) in [6, 6.07) is 6.71. The Labute approximate surface area is 173 Å². The molecule has 0 bridgehead atoms. The summed E-state index contributed by atoms with van der Waals surface area (Å²) in [4.78, 5) is 16.8. The summed E-state index contributed by atoms with van der Waals surface area (Å²) >= 11 is 5.92. The van der Waals surface area contributed by atoms with Gasteiger partial charge in [0.2, 0.25) is 10.0 Å². The number of carbonyl (C=O) groups is 1. The largest absolute Gasteiger partial charge is 0.336 e. The number of likely N-dealkylation sites (N-methyl/N-ethyl adjacent to an activating group) is 1. The highest BCUT2D eigenvalue weighted by Crippen LogP contribution is 2.13. The number of carbonyl (C=O) groups excluding carboxylic acids is 1. The lowest BCUT2D eigenvalue weighted by Gasteiger charge is -2.29. The molecule has 7 nitrogen and oxygen atoms in total. The summed E-state index contributed by atoms with van der Waals surface area (Å²) in [7, 11) is -3.39. The normalized spacial score (nSPS) is 15.7. The third-order valence-corrected chi connectivity index (χ3v) is 7.15. The van der Waals surface area contributed by atoms with E-state index >= 15 is 0 Å². The summed E-state index contributed by atoms with van der Waals surface area (Å²) in [6.45, 7) is 9.57. The number of amides is 1. The van der Waals surface area contributed by atoms with E-state index < -0.39 is 10.0 Å². The molecule has 1 aliphatic rings. The van der Waals surface area contributed by atoms with Crippen molar-refractivity contribution in [2.75, 3.05) is 64.7 Å². The Morgan fingerprint density at radius 1 is 1.07 bits per heavy atom. The van der Waals surface area contributed by atoms with Crippen molar-refractivity contribution in [1.82, 2.24) is 19.4 Å². The fraction of sp³-hybridized carbons (Fsp3) is 0.632. The van der Waals surface area contributed by atoms with E-state index in [2.05, 4.69) is 24.1 Å². The first kappa shape index (κ1) is 23.1. The van der Waals surface area contributed by atoms with Crippen LogP contribution in [0, 0.1) is 0 Å². The van der Waals surface area contributed by atoms with Crippen LogP contribution in [0.15, 0.2) is 24.3 Å². The van der Waals surface area contributed by atoms with Crippen molar-refractivity contribution in [2.45, 2.75) is 13.8 Å². The van der Waals surface area contributed by atoms with Gasteiger partial charge in [0.05, 0.1) is 5.75 Å². The molecular formula is C19H31ClN4O3S. The van der Waals surface area contributed by atoms with Crippen LogP contribution in [-0.2, 0) is 10.0 Å². The molecule has 2 rings (SSSR count). The molecule has 0 aliphatic carbocycles. The number of sulfonamides is 1. The van der Waals surface area contributed by atoms with Crippen molar-refractivity contribution in [3.63, 3.8) is 0 Å². The lowest BCUT2D eigenvalue weighted by Crippen LogP contribution is -2.49. The highest BCUT2D eigenvalue weighted by Gasteiger charge is 2.26. The third kappa shape index (κ3) is 6.70. The van der Waals surface area contributed by atoms with E-state index in [1.54, 1.807) is 29.2 Å². The van der Waals surface area contributed by atoms with Crippen molar-refractivity contribution >= 4 is 27.5 Å². The number of nitrogens with zero attached hydrogens (tertiary/aromatic N) is 3. The minimum atomic E-state index is -3.39. The lowest BCUT2D eigenvalue weighted by molar-refractivity contribution is 0.0747. The van der Waals surface area contributed by atoms with Gasteiger partial charge in [-0.1, -0.05) is 25.4 Å². The zero-order valence-corrected chi connectivity index (χ0v) is 18.3. The molecule has 9 heteroatoms. The number of rotatable bonds is 10. The van der Waals surface area contributed by atoms with Gasteiger partial charge in [0.15, 0.2) is 0 Å². The van der Waals surface area contributed by atoms with Crippen molar-refractivity contribution < 1.29 is 13.2 Å². The summed E-state index contributed by atoms with van der Waals surface area (Å²) in [6.07, 6.45) is 0. The van der Waals surface area contributed by atoms with Crippen LogP contribution in [0.1, 0.15) is 24.2 Å². The zero-order valence-electron chi connectivity index (χ0n) is 16.7. The van der Waals surface area contributed by atoms with E-state index in [4.69, 9.17) is 11.6 Å². The Morgan fingerprint density at radius 2 is 1.68 bits per heavy atom. The number of benzene rings is 1. The van der Waals surface area contributed by atoms with E-state index in [0.717, 1.165) is 13.1 Å². The molecule has 1 amide bonds. The van der Waals surface area contributed by atoms with Crippen molar-refractivity contribution in [3.8, 4) is 0 Å². The average Bonchev–Trinajstić information content (AvgIpc) is 2.71. The Balaban J connectivity index is 2.08.